The standard InChI is InChI=1S/C19H21FN2O3S2/c1-13(2)12-21-19(23)14-3-8-18-17(11-14)22(9-10-26-18)27(24,25)16-6-4-15(20)5-7-16/h3-8,11,13H,9-10,12H2,1-2H3,(H,21,23). The molecule has 1 aliphatic rings. The zero-order chi connectivity index (χ0) is 19.6. The number of carbonyl (C=O) groups excluding carboxylic acids is 1. The summed E-state index contributed by atoms with van der Waals surface area (Å²) in [6, 6.07) is 9.85. The quantitative estimate of drug-likeness (QED) is 0.822. The van der Waals surface area contributed by atoms with Crippen molar-refractivity contribution >= 4 is 33.4 Å². The number of amides is 1. The maximum absolute atomic E-state index is 13.2. The van der Waals surface area contributed by atoms with Crippen molar-refractivity contribution in [2.45, 2.75) is 23.6 Å². The molecule has 2 aromatic rings. The van der Waals surface area contributed by atoms with Gasteiger partial charge in [0.2, 0.25) is 0 Å². The topological polar surface area (TPSA) is 66.5 Å². The smallest absolute Gasteiger partial charge is 0.264 e. The van der Waals surface area contributed by atoms with E-state index < -0.39 is 15.8 Å². The number of sulfonamides is 1. The molecule has 0 saturated heterocycles. The van der Waals surface area contributed by atoms with Gasteiger partial charge in [0.25, 0.3) is 15.9 Å². The van der Waals surface area contributed by atoms with Crippen LogP contribution < -0.4 is 9.62 Å². The van der Waals surface area contributed by atoms with Gasteiger partial charge in [-0.05, 0) is 48.4 Å². The summed E-state index contributed by atoms with van der Waals surface area (Å²) in [5.41, 5.74) is 0.893. The van der Waals surface area contributed by atoms with Gasteiger partial charge in [0.15, 0.2) is 0 Å². The van der Waals surface area contributed by atoms with Gasteiger partial charge in [-0.25, -0.2) is 12.8 Å². The zero-order valence-corrected chi connectivity index (χ0v) is 16.7. The number of hydrogen-bond donors (Lipinski definition) is 1. The molecule has 0 spiro atoms. The monoisotopic (exact) mass is 408 g/mol. The molecule has 1 amide bonds. The van der Waals surface area contributed by atoms with Gasteiger partial charge in [0.1, 0.15) is 5.82 Å². The van der Waals surface area contributed by atoms with Gasteiger partial charge in [-0.15, -0.1) is 11.8 Å². The van der Waals surface area contributed by atoms with Gasteiger partial charge in [-0.1, -0.05) is 13.8 Å². The van der Waals surface area contributed by atoms with Crippen LogP contribution >= 0.6 is 11.8 Å². The van der Waals surface area contributed by atoms with E-state index in [0.717, 1.165) is 17.0 Å². The Hall–Kier alpha value is -2.06. The molecule has 8 heteroatoms. The van der Waals surface area contributed by atoms with Crippen LogP contribution in [0.25, 0.3) is 0 Å². The van der Waals surface area contributed by atoms with Crippen LogP contribution in [0.5, 0.6) is 0 Å². The minimum atomic E-state index is -3.84. The molecule has 0 saturated carbocycles. The van der Waals surface area contributed by atoms with Crippen LogP contribution in [-0.4, -0.2) is 33.2 Å². The summed E-state index contributed by atoms with van der Waals surface area (Å²) in [6.07, 6.45) is 0. The first-order chi connectivity index (χ1) is 12.8. The highest BCUT2D eigenvalue weighted by molar-refractivity contribution is 8.00. The molecule has 0 fully saturated rings. The van der Waals surface area contributed by atoms with Crippen molar-refractivity contribution in [3.8, 4) is 0 Å². The second-order valence-electron chi connectivity index (χ2n) is 6.67. The minimum absolute atomic E-state index is 0.0245. The second-order valence-corrected chi connectivity index (χ2v) is 9.66. The Morgan fingerprint density at radius 3 is 2.59 bits per heavy atom. The Balaban J connectivity index is 1.96. The zero-order valence-electron chi connectivity index (χ0n) is 15.1. The average Bonchev–Trinajstić information content (AvgIpc) is 2.65. The number of hydrogen-bond acceptors (Lipinski definition) is 4. The van der Waals surface area contributed by atoms with Gasteiger partial charge in [-0.3, -0.25) is 9.10 Å². The lowest BCUT2D eigenvalue weighted by Crippen LogP contribution is -2.36. The molecule has 0 aliphatic carbocycles. The SMILES string of the molecule is CC(C)CNC(=O)c1ccc2c(c1)N(S(=O)(=O)c1ccc(F)cc1)CCS2. The van der Waals surface area contributed by atoms with Crippen molar-refractivity contribution in [3.63, 3.8) is 0 Å². The Kier molecular flexibility index (Phi) is 5.76. The number of fused-ring (bicyclic) bond motifs is 1. The fraction of sp³-hybridized carbons (Fsp3) is 0.316. The molecule has 5 nitrogen and oxygen atoms in total. The first kappa shape index (κ1) is 19.7. The van der Waals surface area contributed by atoms with Crippen molar-refractivity contribution in [2.75, 3.05) is 23.1 Å². The van der Waals surface area contributed by atoms with Crippen molar-refractivity contribution < 1.29 is 17.6 Å². The van der Waals surface area contributed by atoms with E-state index in [9.17, 15) is 17.6 Å². The van der Waals surface area contributed by atoms with Crippen LogP contribution in [0.3, 0.4) is 0 Å². The summed E-state index contributed by atoms with van der Waals surface area (Å²) in [4.78, 5) is 13.2. The molecule has 1 heterocycles. The highest BCUT2D eigenvalue weighted by atomic mass is 32.2. The Labute approximate surface area is 163 Å². The van der Waals surface area contributed by atoms with E-state index in [4.69, 9.17) is 0 Å². The van der Waals surface area contributed by atoms with E-state index >= 15 is 0 Å². The molecule has 0 atom stereocenters. The summed E-state index contributed by atoms with van der Waals surface area (Å²) in [5, 5.41) is 2.84. The van der Waals surface area contributed by atoms with E-state index in [1.807, 2.05) is 13.8 Å². The molecule has 3 rings (SSSR count). The summed E-state index contributed by atoms with van der Waals surface area (Å²) >= 11 is 1.55. The van der Waals surface area contributed by atoms with Crippen LogP contribution in [-0.2, 0) is 10.0 Å². The largest absolute Gasteiger partial charge is 0.352 e. The fourth-order valence-corrected chi connectivity index (χ4v) is 5.34. The number of carbonyl (C=O) groups is 1. The molecule has 27 heavy (non-hydrogen) atoms. The first-order valence-corrected chi connectivity index (χ1v) is 11.0. The molecular formula is C19H21FN2O3S2. The molecule has 144 valence electrons. The Bertz CT molecular complexity index is 944. The molecule has 0 unspecified atom stereocenters. The van der Waals surface area contributed by atoms with Gasteiger partial charge < -0.3 is 5.32 Å². The number of halogens is 1. The van der Waals surface area contributed by atoms with Crippen molar-refractivity contribution in [3.05, 3.63) is 53.8 Å². The number of nitrogens with zero attached hydrogens (tertiary/aromatic N) is 1. The summed E-state index contributed by atoms with van der Waals surface area (Å²) in [5.74, 6) is 0.193. The van der Waals surface area contributed by atoms with Crippen LogP contribution in [0, 0.1) is 11.7 Å². The molecule has 2 aromatic carbocycles. The third kappa shape index (κ3) is 4.27. The number of nitrogens with one attached hydrogen (secondary N) is 1. The average molecular weight is 409 g/mol. The van der Waals surface area contributed by atoms with E-state index in [1.54, 1.807) is 30.0 Å². The summed E-state index contributed by atoms with van der Waals surface area (Å²) < 4.78 is 40.6. The maximum Gasteiger partial charge on any atom is 0.264 e. The Morgan fingerprint density at radius 2 is 1.93 bits per heavy atom. The third-order valence-corrected chi connectivity index (χ3v) is 6.98. The van der Waals surface area contributed by atoms with Crippen molar-refractivity contribution in [2.24, 2.45) is 5.92 Å². The predicted molar refractivity (Wildman–Crippen MR) is 105 cm³/mol. The summed E-state index contributed by atoms with van der Waals surface area (Å²) in [7, 11) is -3.84. The van der Waals surface area contributed by atoms with Gasteiger partial charge in [-0.2, -0.15) is 0 Å². The molecule has 1 N–H and O–H groups in total. The number of anilines is 1. The second kappa shape index (κ2) is 7.90. The molecule has 0 aromatic heterocycles. The van der Waals surface area contributed by atoms with Gasteiger partial charge in [0.05, 0.1) is 10.6 Å². The lowest BCUT2D eigenvalue weighted by Gasteiger charge is -2.30. The summed E-state index contributed by atoms with van der Waals surface area (Å²) in [6.45, 7) is 4.83. The van der Waals surface area contributed by atoms with Crippen LogP contribution in [0.2, 0.25) is 0 Å². The third-order valence-electron chi connectivity index (χ3n) is 4.11. The normalized spacial score (nSPS) is 14.1. The highest BCUT2D eigenvalue weighted by Gasteiger charge is 2.30. The molecule has 1 aliphatic heterocycles. The molecule has 0 radical (unpaired) electrons. The molecular weight excluding hydrogens is 387 g/mol. The number of rotatable bonds is 5. The van der Waals surface area contributed by atoms with Gasteiger partial charge in [0, 0.05) is 29.3 Å². The van der Waals surface area contributed by atoms with E-state index in [2.05, 4.69) is 5.32 Å². The first-order valence-electron chi connectivity index (χ1n) is 8.62. The van der Waals surface area contributed by atoms with E-state index in [0.29, 0.717) is 29.5 Å². The van der Waals surface area contributed by atoms with Gasteiger partial charge >= 0.3 is 0 Å². The minimum Gasteiger partial charge on any atom is -0.352 e. The van der Waals surface area contributed by atoms with E-state index in [-0.39, 0.29) is 17.3 Å². The molecule has 0 bridgehead atoms. The van der Waals surface area contributed by atoms with Crippen molar-refractivity contribution in [1.82, 2.24) is 5.32 Å². The Morgan fingerprint density at radius 1 is 1.22 bits per heavy atom. The van der Waals surface area contributed by atoms with E-state index in [1.165, 1.54) is 16.4 Å². The van der Waals surface area contributed by atoms with Crippen LogP contribution in [0.1, 0.15) is 24.2 Å². The number of benzene rings is 2. The highest BCUT2D eigenvalue weighted by Crippen LogP contribution is 2.38. The maximum atomic E-state index is 13.2. The lowest BCUT2D eigenvalue weighted by molar-refractivity contribution is 0.0949. The number of thioether (sulfide) groups is 1. The van der Waals surface area contributed by atoms with Crippen LogP contribution in [0.15, 0.2) is 52.3 Å². The van der Waals surface area contributed by atoms with Crippen molar-refractivity contribution in [1.29, 1.82) is 0 Å². The van der Waals surface area contributed by atoms with Crippen LogP contribution in [0.4, 0.5) is 10.1 Å². The fourth-order valence-electron chi connectivity index (χ4n) is 2.72. The predicted octanol–water partition coefficient (Wildman–Crippen LogP) is 3.51. The lowest BCUT2D eigenvalue weighted by atomic mass is 10.1.